The summed E-state index contributed by atoms with van der Waals surface area (Å²) in [5, 5.41) is 2.85. The highest BCUT2D eigenvalue weighted by atomic mass is 32.2. The van der Waals surface area contributed by atoms with Crippen molar-refractivity contribution >= 4 is 33.0 Å². The van der Waals surface area contributed by atoms with Crippen LogP contribution in [0.3, 0.4) is 0 Å². The Hall–Kier alpha value is -4.14. The van der Waals surface area contributed by atoms with Crippen LogP contribution in [0.1, 0.15) is 27.0 Å². The van der Waals surface area contributed by atoms with Crippen molar-refractivity contribution in [1.29, 1.82) is 0 Å². The van der Waals surface area contributed by atoms with Crippen molar-refractivity contribution in [2.24, 2.45) is 0 Å². The van der Waals surface area contributed by atoms with Gasteiger partial charge in [0.1, 0.15) is 0 Å². The van der Waals surface area contributed by atoms with Crippen molar-refractivity contribution in [1.82, 2.24) is 4.90 Å². The number of nitrogens with one attached hydrogen (secondary N) is 2. The number of hydrogen-bond acceptors (Lipinski definition) is 5. The highest BCUT2D eigenvalue weighted by Crippen LogP contribution is 2.23. The predicted molar refractivity (Wildman–Crippen MR) is 161 cm³/mol. The first-order valence-electron chi connectivity index (χ1n) is 13.4. The molecule has 8 heteroatoms. The van der Waals surface area contributed by atoms with Crippen LogP contribution >= 0.6 is 0 Å². The fourth-order valence-electron chi connectivity index (χ4n) is 4.79. The third kappa shape index (κ3) is 6.70. The molecule has 40 heavy (non-hydrogen) atoms. The summed E-state index contributed by atoms with van der Waals surface area (Å²) in [7, 11) is -3.75. The monoisotopic (exact) mass is 554 g/mol. The maximum Gasteiger partial charge on any atom is 0.261 e. The zero-order chi connectivity index (χ0) is 28.1. The maximum atomic E-state index is 12.9. The average molecular weight is 555 g/mol. The molecule has 4 aromatic carbocycles. The zero-order valence-corrected chi connectivity index (χ0v) is 23.6. The van der Waals surface area contributed by atoms with Crippen LogP contribution in [0.2, 0.25) is 0 Å². The van der Waals surface area contributed by atoms with Gasteiger partial charge in [-0.05, 0) is 85.1 Å². The Labute approximate surface area is 236 Å². The third-order valence-corrected chi connectivity index (χ3v) is 8.56. The van der Waals surface area contributed by atoms with Crippen LogP contribution in [0, 0.1) is 13.8 Å². The minimum atomic E-state index is -3.75. The summed E-state index contributed by atoms with van der Waals surface area (Å²) in [5.74, 6) is -0.243. The van der Waals surface area contributed by atoms with Gasteiger partial charge in [0.15, 0.2) is 0 Å². The first-order chi connectivity index (χ1) is 19.3. The largest absolute Gasteiger partial charge is 0.369 e. The van der Waals surface area contributed by atoms with E-state index in [-0.39, 0.29) is 10.8 Å². The average Bonchev–Trinajstić information content (AvgIpc) is 2.96. The molecule has 1 fully saturated rings. The standard InChI is InChI=1S/C32H34N4O3S/c1-24-8-9-25(2)31(22-24)34-40(38,39)30-16-14-28(15-17-30)33-32(37)27-12-10-26(11-13-27)23-35-18-20-36(21-19-35)29-6-4-3-5-7-29/h3-17,22,34H,18-21,23H2,1-2H3,(H,33,37). The second kappa shape index (κ2) is 11.9. The molecule has 0 aromatic heterocycles. The van der Waals surface area contributed by atoms with Gasteiger partial charge in [-0.25, -0.2) is 8.42 Å². The molecule has 1 amide bonds. The van der Waals surface area contributed by atoms with E-state index in [9.17, 15) is 13.2 Å². The minimum Gasteiger partial charge on any atom is -0.369 e. The van der Waals surface area contributed by atoms with Gasteiger partial charge in [-0.2, -0.15) is 0 Å². The Bertz CT molecular complexity index is 1560. The lowest BCUT2D eigenvalue weighted by Crippen LogP contribution is -2.45. The van der Waals surface area contributed by atoms with Crippen LogP contribution in [-0.4, -0.2) is 45.4 Å². The highest BCUT2D eigenvalue weighted by Gasteiger charge is 2.18. The Morgan fingerprint density at radius 3 is 2.15 bits per heavy atom. The summed E-state index contributed by atoms with van der Waals surface area (Å²) in [4.78, 5) is 17.8. The molecule has 206 valence electrons. The summed E-state index contributed by atoms with van der Waals surface area (Å²) in [6, 6.07) is 29.9. The van der Waals surface area contributed by atoms with Crippen molar-refractivity contribution in [3.63, 3.8) is 0 Å². The molecule has 1 heterocycles. The van der Waals surface area contributed by atoms with E-state index in [1.807, 2.05) is 56.3 Å². The van der Waals surface area contributed by atoms with Crippen LogP contribution in [0.25, 0.3) is 0 Å². The molecule has 4 aromatic rings. The van der Waals surface area contributed by atoms with Gasteiger partial charge in [0.2, 0.25) is 0 Å². The van der Waals surface area contributed by atoms with Crippen LogP contribution in [0.4, 0.5) is 17.1 Å². The number of benzene rings is 4. The molecule has 0 radical (unpaired) electrons. The molecule has 2 N–H and O–H groups in total. The number of aryl methyl sites for hydroxylation is 2. The number of carbonyl (C=O) groups is 1. The number of para-hydroxylation sites is 1. The van der Waals surface area contributed by atoms with Crippen LogP contribution in [-0.2, 0) is 16.6 Å². The van der Waals surface area contributed by atoms with E-state index in [0.29, 0.717) is 16.9 Å². The number of rotatable bonds is 8. The third-order valence-electron chi connectivity index (χ3n) is 7.18. The van der Waals surface area contributed by atoms with Crippen molar-refractivity contribution in [2.75, 3.05) is 41.1 Å². The number of sulfonamides is 1. The second-order valence-electron chi connectivity index (χ2n) is 10.2. The lowest BCUT2D eigenvalue weighted by Gasteiger charge is -2.36. The molecular weight excluding hydrogens is 520 g/mol. The Morgan fingerprint density at radius 2 is 1.48 bits per heavy atom. The molecule has 7 nitrogen and oxygen atoms in total. The molecule has 5 rings (SSSR count). The number of piperazine rings is 1. The van der Waals surface area contributed by atoms with E-state index in [2.05, 4.69) is 44.1 Å². The minimum absolute atomic E-state index is 0.125. The quantitative estimate of drug-likeness (QED) is 0.293. The number of nitrogens with zero attached hydrogens (tertiary/aromatic N) is 2. The highest BCUT2D eigenvalue weighted by molar-refractivity contribution is 7.92. The number of hydrogen-bond donors (Lipinski definition) is 2. The normalized spacial score (nSPS) is 14.1. The van der Waals surface area contributed by atoms with Gasteiger partial charge in [0.25, 0.3) is 15.9 Å². The van der Waals surface area contributed by atoms with Gasteiger partial charge in [-0.3, -0.25) is 14.4 Å². The van der Waals surface area contributed by atoms with Crippen LogP contribution in [0.5, 0.6) is 0 Å². The van der Waals surface area contributed by atoms with Crippen molar-refractivity contribution in [3.05, 3.63) is 119 Å². The Morgan fingerprint density at radius 1 is 0.800 bits per heavy atom. The van der Waals surface area contributed by atoms with Gasteiger partial charge < -0.3 is 10.2 Å². The first-order valence-corrected chi connectivity index (χ1v) is 14.9. The lowest BCUT2D eigenvalue weighted by molar-refractivity contribution is 0.102. The topological polar surface area (TPSA) is 81.8 Å². The molecule has 1 saturated heterocycles. The van der Waals surface area contributed by atoms with E-state index < -0.39 is 10.0 Å². The SMILES string of the molecule is Cc1ccc(C)c(NS(=O)(=O)c2ccc(NC(=O)c3ccc(CN4CCN(c5ccccc5)CC4)cc3)cc2)c1. The number of amides is 1. The fourth-order valence-corrected chi connectivity index (χ4v) is 5.91. The van der Waals surface area contributed by atoms with E-state index in [4.69, 9.17) is 0 Å². The van der Waals surface area contributed by atoms with E-state index in [1.165, 1.54) is 17.8 Å². The van der Waals surface area contributed by atoms with Crippen molar-refractivity contribution < 1.29 is 13.2 Å². The van der Waals surface area contributed by atoms with Crippen molar-refractivity contribution in [3.8, 4) is 0 Å². The molecule has 1 aliphatic rings. The summed E-state index contributed by atoms with van der Waals surface area (Å²) >= 11 is 0. The number of carbonyl (C=O) groups excluding carboxylic acids is 1. The summed E-state index contributed by atoms with van der Waals surface area (Å²) in [6.07, 6.45) is 0. The van der Waals surface area contributed by atoms with E-state index in [1.54, 1.807) is 18.2 Å². The molecule has 0 atom stereocenters. The van der Waals surface area contributed by atoms with Gasteiger partial charge >= 0.3 is 0 Å². The molecule has 0 aliphatic carbocycles. The van der Waals surface area contributed by atoms with E-state index >= 15 is 0 Å². The molecule has 1 aliphatic heterocycles. The van der Waals surface area contributed by atoms with Gasteiger partial charge in [-0.15, -0.1) is 0 Å². The zero-order valence-electron chi connectivity index (χ0n) is 22.8. The van der Waals surface area contributed by atoms with Crippen LogP contribution in [0.15, 0.2) is 102 Å². The second-order valence-corrected chi connectivity index (χ2v) is 11.9. The van der Waals surface area contributed by atoms with Crippen molar-refractivity contribution in [2.45, 2.75) is 25.3 Å². The fraction of sp³-hybridized carbons (Fsp3) is 0.219. The van der Waals surface area contributed by atoms with Gasteiger partial charge in [-0.1, -0.05) is 42.5 Å². The summed E-state index contributed by atoms with van der Waals surface area (Å²) < 4.78 is 28.4. The molecule has 0 spiro atoms. The molecule has 0 bridgehead atoms. The van der Waals surface area contributed by atoms with Crippen LogP contribution < -0.4 is 14.9 Å². The smallest absolute Gasteiger partial charge is 0.261 e. The summed E-state index contributed by atoms with van der Waals surface area (Å²) in [5.41, 5.74) is 5.86. The van der Waals surface area contributed by atoms with Gasteiger partial charge in [0.05, 0.1) is 10.6 Å². The van der Waals surface area contributed by atoms with Gasteiger partial charge in [0, 0.05) is 49.7 Å². The van der Waals surface area contributed by atoms with E-state index in [0.717, 1.165) is 49.4 Å². The molecular formula is C32H34N4O3S. The predicted octanol–water partition coefficient (Wildman–Crippen LogP) is 5.68. The first kappa shape index (κ1) is 27.4. The summed E-state index contributed by atoms with van der Waals surface area (Å²) in [6.45, 7) is 8.58. The Kier molecular flexibility index (Phi) is 8.19. The lowest BCUT2D eigenvalue weighted by atomic mass is 10.1. The molecule has 0 saturated carbocycles. The number of anilines is 3. The molecule has 0 unspecified atom stereocenters. The Balaban J connectivity index is 1.14. The maximum absolute atomic E-state index is 12.9.